The zero-order valence-corrected chi connectivity index (χ0v) is 19.3. The Labute approximate surface area is 197 Å². The lowest BCUT2D eigenvalue weighted by Crippen LogP contribution is -2.35. The Morgan fingerprint density at radius 3 is 2.79 bits per heavy atom. The van der Waals surface area contributed by atoms with E-state index in [0.29, 0.717) is 5.56 Å². The van der Waals surface area contributed by atoms with Crippen LogP contribution in [0.3, 0.4) is 0 Å². The number of hydrogen-bond donors (Lipinski definition) is 1. The number of aromatic amines is 1. The average Bonchev–Trinajstić information content (AvgIpc) is 3.53. The number of ether oxygens (including phenoxy) is 1. The van der Waals surface area contributed by atoms with Crippen molar-refractivity contribution in [2.75, 3.05) is 18.6 Å². The summed E-state index contributed by atoms with van der Waals surface area (Å²) in [4.78, 5) is 18.9. The van der Waals surface area contributed by atoms with Crippen LogP contribution in [0.5, 0.6) is 5.75 Å². The molecule has 4 aromatic rings. The van der Waals surface area contributed by atoms with E-state index >= 15 is 0 Å². The van der Waals surface area contributed by atoms with E-state index in [1.54, 1.807) is 7.11 Å². The van der Waals surface area contributed by atoms with Crippen molar-refractivity contribution < 1.29 is 4.74 Å². The van der Waals surface area contributed by atoms with Crippen molar-refractivity contribution >= 4 is 16.6 Å². The highest BCUT2D eigenvalue weighted by atomic mass is 16.5. The summed E-state index contributed by atoms with van der Waals surface area (Å²) in [6, 6.07) is 15.9. The number of rotatable bonds is 5. The molecule has 34 heavy (non-hydrogen) atoms. The van der Waals surface area contributed by atoms with E-state index in [2.05, 4.69) is 43.6 Å². The predicted octanol–water partition coefficient (Wildman–Crippen LogP) is 4.18. The first-order chi connectivity index (χ1) is 16.7. The summed E-state index contributed by atoms with van der Waals surface area (Å²) in [6.07, 6.45) is 6.66. The molecule has 0 unspecified atom stereocenters. The largest absolute Gasteiger partial charge is 0.497 e. The molecule has 0 spiro atoms. The SMILES string of the molecule is COc1ccc2[nH]c(=O)c([C@@H](c3nnnn3C3CCCCC3)N3CCc4ccccc43)cc2c1. The second-order valence-electron chi connectivity index (χ2n) is 9.26. The quantitative estimate of drug-likeness (QED) is 0.485. The number of nitrogens with one attached hydrogen (secondary N) is 1. The molecule has 2 aromatic carbocycles. The predicted molar refractivity (Wildman–Crippen MR) is 130 cm³/mol. The molecular formula is C26H28N6O2. The third-order valence-corrected chi connectivity index (χ3v) is 7.29. The molecule has 1 aliphatic carbocycles. The van der Waals surface area contributed by atoms with Crippen LogP contribution in [0.2, 0.25) is 0 Å². The Morgan fingerprint density at radius 2 is 1.94 bits per heavy atom. The maximum absolute atomic E-state index is 13.5. The van der Waals surface area contributed by atoms with Crippen molar-refractivity contribution in [1.29, 1.82) is 0 Å². The summed E-state index contributed by atoms with van der Waals surface area (Å²) in [6.45, 7) is 0.803. The van der Waals surface area contributed by atoms with Gasteiger partial charge in [0.25, 0.3) is 5.56 Å². The molecular weight excluding hydrogens is 428 g/mol. The normalized spacial score (nSPS) is 17.1. The number of fused-ring (bicyclic) bond motifs is 2. The molecule has 3 heterocycles. The van der Waals surface area contributed by atoms with Gasteiger partial charge in [0, 0.05) is 28.7 Å². The fourth-order valence-corrected chi connectivity index (χ4v) is 5.58. The third kappa shape index (κ3) is 3.54. The molecule has 1 N–H and O–H groups in total. The van der Waals surface area contributed by atoms with E-state index in [1.807, 2.05) is 35.0 Å². The Bertz CT molecular complexity index is 1390. The molecule has 0 saturated heterocycles. The maximum Gasteiger partial charge on any atom is 0.254 e. The summed E-state index contributed by atoms with van der Waals surface area (Å²) in [7, 11) is 1.65. The molecule has 2 aliphatic rings. The molecule has 1 saturated carbocycles. The molecule has 6 rings (SSSR count). The van der Waals surface area contributed by atoms with Crippen LogP contribution in [-0.4, -0.2) is 38.8 Å². The van der Waals surface area contributed by atoms with E-state index in [4.69, 9.17) is 4.74 Å². The van der Waals surface area contributed by atoms with Gasteiger partial charge in [-0.2, -0.15) is 0 Å². The molecule has 8 heteroatoms. The highest BCUT2D eigenvalue weighted by Gasteiger charge is 2.35. The minimum absolute atomic E-state index is 0.120. The van der Waals surface area contributed by atoms with Crippen LogP contribution in [0.15, 0.2) is 53.3 Å². The first-order valence-electron chi connectivity index (χ1n) is 12.1. The number of anilines is 1. The van der Waals surface area contributed by atoms with Crippen molar-refractivity contribution in [2.45, 2.75) is 50.6 Å². The minimum atomic E-state index is -0.389. The van der Waals surface area contributed by atoms with Crippen LogP contribution in [0.25, 0.3) is 10.9 Å². The average molecular weight is 457 g/mol. The smallest absolute Gasteiger partial charge is 0.254 e. The fourth-order valence-electron chi connectivity index (χ4n) is 5.58. The highest BCUT2D eigenvalue weighted by Crippen LogP contribution is 2.39. The second kappa shape index (κ2) is 8.59. The van der Waals surface area contributed by atoms with Crippen LogP contribution >= 0.6 is 0 Å². The number of nitrogens with zero attached hydrogens (tertiary/aromatic N) is 5. The number of para-hydroxylation sites is 1. The highest BCUT2D eigenvalue weighted by molar-refractivity contribution is 5.81. The lowest BCUT2D eigenvalue weighted by Gasteiger charge is -2.31. The van der Waals surface area contributed by atoms with Gasteiger partial charge in [-0.25, -0.2) is 4.68 Å². The molecule has 0 bridgehead atoms. The molecule has 8 nitrogen and oxygen atoms in total. The minimum Gasteiger partial charge on any atom is -0.497 e. The van der Waals surface area contributed by atoms with E-state index in [0.717, 1.165) is 54.0 Å². The van der Waals surface area contributed by atoms with Crippen LogP contribution in [-0.2, 0) is 6.42 Å². The van der Waals surface area contributed by atoms with Crippen molar-refractivity contribution in [3.8, 4) is 5.75 Å². The van der Waals surface area contributed by atoms with Crippen molar-refractivity contribution in [3.05, 3.63) is 75.8 Å². The van der Waals surface area contributed by atoms with E-state index in [9.17, 15) is 4.79 Å². The van der Waals surface area contributed by atoms with Gasteiger partial charge in [-0.15, -0.1) is 5.10 Å². The number of tetrazole rings is 1. The second-order valence-corrected chi connectivity index (χ2v) is 9.26. The molecule has 1 atom stereocenters. The van der Waals surface area contributed by atoms with Gasteiger partial charge in [-0.3, -0.25) is 4.79 Å². The number of aromatic nitrogens is 5. The van der Waals surface area contributed by atoms with Gasteiger partial charge in [0.2, 0.25) is 0 Å². The van der Waals surface area contributed by atoms with Crippen LogP contribution < -0.4 is 15.2 Å². The lowest BCUT2D eigenvalue weighted by molar-refractivity contribution is 0.313. The van der Waals surface area contributed by atoms with Gasteiger partial charge in [0.15, 0.2) is 5.82 Å². The van der Waals surface area contributed by atoms with Crippen LogP contribution in [0.1, 0.15) is 61.1 Å². The van der Waals surface area contributed by atoms with E-state index < -0.39 is 0 Å². The van der Waals surface area contributed by atoms with Crippen molar-refractivity contribution in [2.24, 2.45) is 0 Å². The fraction of sp³-hybridized carbons (Fsp3) is 0.385. The Balaban J connectivity index is 1.54. The monoisotopic (exact) mass is 456 g/mol. The van der Waals surface area contributed by atoms with E-state index in [1.165, 1.54) is 24.8 Å². The first kappa shape index (κ1) is 20.9. The summed E-state index contributed by atoms with van der Waals surface area (Å²) in [5.74, 6) is 1.48. The van der Waals surface area contributed by atoms with Gasteiger partial charge >= 0.3 is 0 Å². The summed E-state index contributed by atoms with van der Waals surface area (Å²) < 4.78 is 7.42. The van der Waals surface area contributed by atoms with Crippen LogP contribution in [0.4, 0.5) is 5.69 Å². The number of pyridine rings is 1. The molecule has 0 amide bonds. The van der Waals surface area contributed by atoms with E-state index in [-0.39, 0.29) is 17.6 Å². The van der Waals surface area contributed by atoms with Gasteiger partial charge in [0.1, 0.15) is 11.8 Å². The molecule has 1 fully saturated rings. The van der Waals surface area contributed by atoms with Crippen molar-refractivity contribution in [1.82, 2.24) is 25.2 Å². The Morgan fingerprint density at radius 1 is 1.09 bits per heavy atom. The van der Waals surface area contributed by atoms with Gasteiger partial charge < -0.3 is 14.6 Å². The van der Waals surface area contributed by atoms with Gasteiger partial charge in [-0.1, -0.05) is 37.5 Å². The number of H-pyrrole nitrogens is 1. The van der Waals surface area contributed by atoms with Gasteiger partial charge in [-0.05, 0) is 65.6 Å². The molecule has 1 aliphatic heterocycles. The molecule has 174 valence electrons. The number of methoxy groups -OCH3 is 1. The zero-order chi connectivity index (χ0) is 23.1. The van der Waals surface area contributed by atoms with Crippen molar-refractivity contribution in [3.63, 3.8) is 0 Å². The molecule has 0 radical (unpaired) electrons. The topological polar surface area (TPSA) is 88.9 Å². The Kier molecular flexibility index (Phi) is 5.28. The van der Waals surface area contributed by atoms with Gasteiger partial charge in [0.05, 0.1) is 13.2 Å². The number of benzene rings is 2. The Hall–Kier alpha value is -3.68. The van der Waals surface area contributed by atoms with Crippen LogP contribution in [0, 0.1) is 0 Å². The third-order valence-electron chi connectivity index (χ3n) is 7.29. The standard InChI is InChI=1S/C26H28N6O2/c1-34-20-11-12-22-18(15-20)16-21(26(33)27-22)24(31-14-13-17-7-5-6-10-23(17)31)25-28-29-30-32(25)19-8-3-2-4-9-19/h5-7,10-12,15-16,19,24H,2-4,8-9,13-14H2,1H3,(H,27,33)/t24-/m0/s1. The maximum atomic E-state index is 13.5. The summed E-state index contributed by atoms with van der Waals surface area (Å²) in [5.41, 5.74) is 3.72. The lowest BCUT2D eigenvalue weighted by atomic mass is 9.95. The summed E-state index contributed by atoms with van der Waals surface area (Å²) in [5, 5.41) is 14.0. The first-order valence-corrected chi connectivity index (χ1v) is 12.1. The zero-order valence-electron chi connectivity index (χ0n) is 19.3. The molecule has 2 aromatic heterocycles. The summed E-state index contributed by atoms with van der Waals surface area (Å²) >= 11 is 0. The number of hydrogen-bond acceptors (Lipinski definition) is 6.